The third kappa shape index (κ3) is 2.80. The van der Waals surface area contributed by atoms with Crippen molar-refractivity contribution < 1.29 is 23.4 Å². The molecule has 1 rings (SSSR count). The van der Waals surface area contributed by atoms with Crippen LogP contribution in [0.15, 0.2) is 0 Å². The highest BCUT2D eigenvalue weighted by Gasteiger charge is 2.43. The average Bonchev–Trinajstić information content (AvgIpc) is 2.21. The van der Waals surface area contributed by atoms with E-state index in [2.05, 4.69) is 17.9 Å². The van der Waals surface area contributed by atoms with Crippen molar-refractivity contribution in [2.75, 3.05) is 5.08 Å². The molecule has 0 atom stereocenters. The molecule has 0 aliphatic heterocycles. The van der Waals surface area contributed by atoms with Crippen molar-refractivity contribution in [3.8, 4) is 0 Å². The van der Waals surface area contributed by atoms with Gasteiger partial charge in [-0.25, -0.2) is 13.2 Å². The van der Waals surface area contributed by atoms with E-state index in [4.69, 9.17) is 5.11 Å². The number of rotatable bonds is 3. The van der Waals surface area contributed by atoms with Crippen molar-refractivity contribution >= 4 is 28.6 Å². The van der Waals surface area contributed by atoms with Crippen molar-refractivity contribution in [1.82, 2.24) is 5.32 Å². The van der Waals surface area contributed by atoms with Gasteiger partial charge in [-0.05, 0) is 25.7 Å². The molecule has 1 aliphatic rings. The van der Waals surface area contributed by atoms with Crippen molar-refractivity contribution in [3.05, 3.63) is 0 Å². The Morgan fingerprint density at radius 1 is 1.44 bits per heavy atom. The van der Waals surface area contributed by atoms with Gasteiger partial charge in [-0.3, -0.25) is 0 Å². The molecule has 0 unspecified atom stereocenters. The lowest BCUT2D eigenvalue weighted by Crippen LogP contribution is -2.47. The lowest BCUT2D eigenvalue weighted by Gasteiger charge is -2.34. The van der Waals surface area contributed by atoms with Gasteiger partial charge in [0.1, 0.15) is 0 Å². The Bertz CT molecular complexity index is 359. The quantitative estimate of drug-likeness (QED) is 0.547. The number of carbonyl (C=O) groups is 1. The van der Waals surface area contributed by atoms with Gasteiger partial charge in [0.05, 0.1) is 5.08 Å². The molecule has 1 saturated carbocycles. The smallest absolute Gasteiger partial charge is 0.404 e. The van der Waals surface area contributed by atoms with Gasteiger partial charge in [-0.15, -0.1) is 0 Å². The molecule has 0 saturated heterocycles. The molecule has 0 aromatic carbocycles. The molecule has 94 valence electrons. The monoisotopic (exact) mass is 269 g/mol. The van der Waals surface area contributed by atoms with Crippen LogP contribution in [0.1, 0.15) is 25.7 Å². The number of sulfone groups is 1. The maximum absolute atomic E-state index is 11.5. The Labute approximate surface area is 99.4 Å². The second-order valence-corrected chi connectivity index (χ2v) is 6.94. The first-order chi connectivity index (χ1) is 7.31. The highest BCUT2D eigenvalue weighted by atomic mass is 32.2. The molecule has 1 aliphatic carbocycles. The Kier molecular flexibility index (Phi) is 4.08. The van der Waals surface area contributed by atoms with Crippen LogP contribution in [0.5, 0.6) is 0 Å². The Hall–Kier alpha value is -0.470. The summed E-state index contributed by atoms with van der Waals surface area (Å²) in [6, 6.07) is -0.284. The van der Waals surface area contributed by atoms with Gasteiger partial charge in [0.2, 0.25) is 0 Å². The van der Waals surface area contributed by atoms with Crippen LogP contribution in [0.4, 0.5) is 4.79 Å². The summed E-state index contributed by atoms with van der Waals surface area (Å²) in [4.78, 5) is 8.63. The maximum atomic E-state index is 11.5. The van der Waals surface area contributed by atoms with Crippen molar-refractivity contribution in [2.45, 2.75) is 36.7 Å². The van der Waals surface area contributed by atoms with Crippen LogP contribution in [0.3, 0.4) is 0 Å². The standard InChI is InChI=1S/C8H15NO5S2/c10-7(11)9-6-1-3-8(12,4-2-6)16(13,14)5-15/h6,9,12,15H,1-5H2,(H,10,11). The number of hydrogen-bond acceptors (Lipinski definition) is 5. The molecular weight excluding hydrogens is 254 g/mol. The maximum Gasteiger partial charge on any atom is 0.404 e. The van der Waals surface area contributed by atoms with Crippen LogP contribution in [0, 0.1) is 0 Å². The van der Waals surface area contributed by atoms with E-state index in [9.17, 15) is 18.3 Å². The van der Waals surface area contributed by atoms with Crippen LogP contribution in [0.25, 0.3) is 0 Å². The van der Waals surface area contributed by atoms with Crippen molar-refractivity contribution in [2.24, 2.45) is 0 Å². The predicted octanol–water partition coefficient (Wildman–Crippen LogP) is 0.187. The van der Waals surface area contributed by atoms with Gasteiger partial charge >= 0.3 is 6.09 Å². The molecule has 0 heterocycles. The summed E-state index contributed by atoms with van der Waals surface area (Å²) in [5.74, 6) is 0. The fourth-order valence-corrected chi connectivity index (χ4v) is 3.64. The zero-order valence-corrected chi connectivity index (χ0v) is 10.3. The van der Waals surface area contributed by atoms with Gasteiger partial charge in [0, 0.05) is 6.04 Å². The van der Waals surface area contributed by atoms with Crippen LogP contribution in [0.2, 0.25) is 0 Å². The second kappa shape index (κ2) is 4.80. The summed E-state index contributed by atoms with van der Waals surface area (Å²) in [5, 5.41) is 20.3. The first kappa shape index (κ1) is 13.6. The second-order valence-electron chi connectivity index (χ2n) is 3.91. The molecular formula is C8H15NO5S2. The zero-order chi connectivity index (χ0) is 12.4. The van der Waals surface area contributed by atoms with Crippen LogP contribution in [-0.4, -0.2) is 40.8 Å². The fourth-order valence-electron chi connectivity index (χ4n) is 1.82. The summed E-state index contributed by atoms with van der Waals surface area (Å²) < 4.78 is 23.1. The molecule has 6 nitrogen and oxygen atoms in total. The normalized spacial score (nSPS) is 31.0. The van der Waals surface area contributed by atoms with Crippen LogP contribution < -0.4 is 5.32 Å². The van der Waals surface area contributed by atoms with Gasteiger partial charge in [0.15, 0.2) is 14.8 Å². The van der Waals surface area contributed by atoms with E-state index < -0.39 is 25.9 Å². The molecule has 3 N–H and O–H groups in total. The SMILES string of the molecule is O=C(O)NC1CCC(O)(S(=O)(=O)CS)CC1. The van der Waals surface area contributed by atoms with E-state index in [1.54, 1.807) is 0 Å². The Morgan fingerprint density at radius 2 is 1.94 bits per heavy atom. The molecule has 16 heavy (non-hydrogen) atoms. The molecule has 0 aromatic heterocycles. The molecule has 0 spiro atoms. The third-order valence-corrected chi connectivity index (χ3v) is 5.77. The zero-order valence-electron chi connectivity index (χ0n) is 8.59. The lowest BCUT2D eigenvalue weighted by molar-refractivity contribution is 0.0722. The number of carboxylic acid groups (broad SMARTS) is 1. The van der Waals surface area contributed by atoms with Gasteiger partial charge in [0.25, 0.3) is 0 Å². The minimum atomic E-state index is -3.63. The highest BCUT2D eigenvalue weighted by Crippen LogP contribution is 2.33. The number of hydrogen-bond donors (Lipinski definition) is 4. The number of nitrogens with one attached hydrogen (secondary N) is 1. The molecule has 1 fully saturated rings. The van der Waals surface area contributed by atoms with E-state index in [1.807, 2.05) is 0 Å². The summed E-state index contributed by atoms with van der Waals surface area (Å²) in [7, 11) is -3.63. The van der Waals surface area contributed by atoms with Gasteiger partial charge in [-0.2, -0.15) is 12.6 Å². The minimum absolute atomic E-state index is 0.0425. The fraction of sp³-hybridized carbons (Fsp3) is 0.875. The summed E-state index contributed by atoms with van der Waals surface area (Å²) in [6.45, 7) is 0. The number of aliphatic hydroxyl groups is 1. The molecule has 0 aromatic rings. The number of thiol groups is 1. The topological polar surface area (TPSA) is 104 Å². The van der Waals surface area contributed by atoms with Crippen LogP contribution in [-0.2, 0) is 9.84 Å². The molecule has 8 heteroatoms. The third-order valence-electron chi connectivity index (χ3n) is 2.84. The van der Waals surface area contributed by atoms with Crippen molar-refractivity contribution in [3.63, 3.8) is 0 Å². The Morgan fingerprint density at radius 3 is 2.31 bits per heavy atom. The lowest BCUT2D eigenvalue weighted by atomic mass is 9.92. The largest absolute Gasteiger partial charge is 0.465 e. The first-order valence-electron chi connectivity index (χ1n) is 4.86. The van der Waals surface area contributed by atoms with E-state index >= 15 is 0 Å². The summed E-state index contributed by atoms with van der Waals surface area (Å²) >= 11 is 3.69. The van der Waals surface area contributed by atoms with Crippen molar-refractivity contribution in [1.29, 1.82) is 0 Å². The van der Waals surface area contributed by atoms with E-state index in [0.29, 0.717) is 12.8 Å². The predicted molar refractivity (Wildman–Crippen MR) is 61.1 cm³/mol. The summed E-state index contributed by atoms with van der Waals surface area (Å²) in [5.41, 5.74) is 0. The molecule has 0 bridgehead atoms. The van der Waals surface area contributed by atoms with E-state index in [-0.39, 0.29) is 18.9 Å². The highest BCUT2D eigenvalue weighted by molar-refractivity contribution is 8.04. The van der Waals surface area contributed by atoms with Gasteiger partial charge in [-0.1, -0.05) is 0 Å². The summed E-state index contributed by atoms with van der Waals surface area (Å²) in [6.07, 6.45) is -0.416. The first-order valence-corrected chi connectivity index (χ1v) is 7.14. The molecule has 0 radical (unpaired) electrons. The Balaban J connectivity index is 2.64. The molecule has 1 amide bonds. The van der Waals surface area contributed by atoms with Crippen LogP contribution >= 0.6 is 12.6 Å². The van der Waals surface area contributed by atoms with E-state index in [1.165, 1.54) is 0 Å². The number of amides is 1. The average molecular weight is 269 g/mol. The van der Waals surface area contributed by atoms with E-state index in [0.717, 1.165) is 0 Å². The van der Waals surface area contributed by atoms with Gasteiger partial charge < -0.3 is 15.5 Å². The minimum Gasteiger partial charge on any atom is -0.465 e.